The van der Waals surface area contributed by atoms with Crippen molar-refractivity contribution in [2.75, 3.05) is 6.61 Å². The molecule has 1 N–H and O–H groups in total. The number of aliphatic hydroxyl groups is 1. The Bertz CT molecular complexity index is 54.5. The Hall–Kier alpha value is 0.690. The van der Waals surface area contributed by atoms with E-state index in [1.54, 1.807) is 0 Å². The van der Waals surface area contributed by atoms with E-state index in [1.165, 1.54) is 0 Å². The first kappa shape index (κ1) is 8.69. The Morgan fingerprint density at radius 1 is 1.50 bits per heavy atom. The second-order valence-corrected chi connectivity index (χ2v) is 4.17. The first-order chi connectivity index (χ1) is 3.66. The molecule has 0 saturated carbocycles. The third-order valence-corrected chi connectivity index (χ3v) is 1.83. The van der Waals surface area contributed by atoms with E-state index in [0.29, 0.717) is 16.4 Å². The molecule has 0 amide bonds. The van der Waals surface area contributed by atoms with Crippen molar-refractivity contribution >= 4 is 22.6 Å². The molecule has 0 radical (unpaired) electrons. The summed E-state index contributed by atoms with van der Waals surface area (Å²) in [7, 11) is 0. The van der Waals surface area contributed by atoms with Crippen molar-refractivity contribution in [1.29, 1.82) is 0 Å². The Kier molecular flexibility index (Phi) is 4.95. The van der Waals surface area contributed by atoms with Gasteiger partial charge in [0.05, 0.1) is 6.61 Å². The van der Waals surface area contributed by atoms with Gasteiger partial charge in [0.15, 0.2) is 0 Å². The van der Waals surface area contributed by atoms with Crippen molar-refractivity contribution in [2.24, 2.45) is 5.92 Å². The molecule has 0 aromatic rings. The maximum atomic E-state index is 8.58. The molecule has 0 fully saturated rings. The molecule has 1 atom stereocenters. The molecular weight excluding hydrogens is 215 g/mol. The van der Waals surface area contributed by atoms with Crippen LogP contribution in [0.15, 0.2) is 0 Å². The van der Waals surface area contributed by atoms with Gasteiger partial charge in [0.1, 0.15) is 0 Å². The lowest BCUT2D eigenvalue weighted by Gasteiger charge is -2.07. The van der Waals surface area contributed by atoms with Crippen molar-refractivity contribution in [1.82, 2.24) is 0 Å². The molecule has 0 rings (SSSR count). The quantitative estimate of drug-likeness (QED) is 0.577. The number of alkyl halides is 1. The largest absolute Gasteiger partial charge is 0.395 e. The number of aliphatic hydroxyl groups excluding tert-OH is 1. The predicted octanol–water partition coefficient (Wildman–Crippen LogP) is 1.83. The van der Waals surface area contributed by atoms with E-state index in [0.717, 1.165) is 6.42 Å². The van der Waals surface area contributed by atoms with Crippen LogP contribution in [0.1, 0.15) is 20.3 Å². The van der Waals surface area contributed by atoms with Gasteiger partial charge in [0.2, 0.25) is 0 Å². The van der Waals surface area contributed by atoms with Gasteiger partial charge >= 0.3 is 0 Å². The van der Waals surface area contributed by atoms with Gasteiger partial charge in [0, 0.05) is 3.92 Å². The molecular formula is C6H13IO. The Morgan fingerprint density at radius 3 is 2.12 bits per heavy atom. The van der Waals surface area contributed by atoms with Gasteiger partial charge in [-0.25, -0.2) is 0 Å². The summed E-state index contributed by atoms with van der Waals surface area (Å²) in [5.74, 6) is 0.712. The zero-order valence-corrected chi connectivity index (χ0v) is 7.55. The molecule has 0 heterocycles. The van der Waals surface area contributed by atoms with Crippen molar-refractivity contribution in [2.45, 2.75) is 24.2 Å². The lowest BCUT2D eigenvalue weighted by atomic mass is 10.1. The maximum Gasteiger partial charge on any atom is 0.0549 e. The van der Waals surface area contributed by atoms with E-state index in [1.807, 2.05) is 0 Å². The number of hydrogen-bond acceptors (Lipinski definition) is 1. The van der Waals surface area contributed by atoms with Gasteiger partial charge in [-0.2, -0.15) is 0 Å². The number of halogens is 1. The summed E-state index contributed by atoms with van der Waals surface area (Å²) in [5.41, 5.74) is 0. The van der Waals surface area contributed by atoms with Gasteiger partial charge in [-0.3, -0.25) is 0 Å². The van der Waals surface area contributed by atoms with Crippen molar-refractivity contribution in [3.63, 3.8) is 0 Å². The predicted molar refractivity (Wildman–Crippen MR) is 44.3 cm³/mol. The molecule has 0 aliphatic heterocycles. The van der Waals surface area contributed by atoms with Gasteiger partial charge < -0.3 is 5.11 Å². The molecule has 2 heteroatoms. The first-order valence-electron chi connectivity index (χ1n) is 2.91. The molecule has 0 aromatic heterocycles. The maximum absolute atomic E-state index is 8.58. The Morgan fingerprint density at radius 2 is 2.00 bits per heavy atom. The van der Waals surface area contributed by atoms with E-state index in [2.05, 4.69) is 36.4 Å². The van der Waals surface area contributed by atoms with Crippen LogP contribution in [0.5, 0.6) is 0 Å². The summed E-state index contributed by atoms with van der Waals surface area (Å²) >= 11 is 2.27. The van der Waals surface area contributed by atoms with Crippen molar-refractivity contribution in [3.8, 4) is 0 Å². The second-order valence-electron chi connectivity index (χ2n) is 2.41. The van der Waals surface area contributed by atoms with Gasteiger partial charge in [0.25, 0.3) is 0 Å². The van der Waals surface area contributed by atoms with Crippen LogP contribution in [-0.2, 0) is 0 Å². The summed E-state index contributed by atoms with van der Waals surface area (Å²) in [6.07, 6.45) is 1.12. The van der Waals surface area contributed by atoms with Crippen LogP contribution < -0.4 is 0 Å². The third kappa shape index (κ3) is 4.84. The molecule has 0 unspecified atom stereocenters. The highest BCUT2D eigenvalue weighted by Crippen LogP contribution is 2.11. The first-order valence-corrected chi connectivity index (χ1v) is 4.16. The molecule has 0 aromatic carbocycles. The summed E-state index contributed by atoms with van der Waals surface area (Å²) in [5, 5.41) is 8.58. The Labute approximate surface area is 64.6 Å². The Balaban J connectivity index is 3.10. The minimum absolute atomic E-state index is 0.318. The van der Waals surface area contributed by atoms with Crippen LogP contribution in [0.4, 0.5) is 0 Å². The highest BCUT2D eigenvalue weighted by molar-refractivity contribution is 14.1. The number of hydrogen-bond donors (Lipinski definition) is 1. The fraction of sp³-hybridized carbons (Fsp3) is 1.00. The van der Waals surface area contributed by atoms with Gasteiger partial charge in [-0.1, -0.05) is 36.4 Å². The molecule has 0 spiro atoms. The van der Waals surface area contributed by atoms with Gasteiger partial charge in [-0.15, -0.1) is 0 Å². The topological polar surface area (TPSA) is 20.2 Å². The van der Waals surface area contributed by atoms with Crippen LogP contribution in [0, 0.1) is 5.92 Å². The van der Waals surface area contributed by atoms with Crippen LogP contribution in [0.3, 0.4) is 0 Å². The molecule has 0 aliphatic rings. The van der Waals surface area contributed by atoms with Crippen LogP contribution in [-0.4, -0.2) is 15.6 Å². The van der Waals surface area contributed by atoms with E-state index in [-0.39, 0.29) is 0 Å². The zero-order valence-electron chi connectivity index (χ0n) is 5.39. The SMILES string of the molecule is CC(C)C[C@@H](I)CO. The van der Waals surface area contributed by atoms with Crippen molar-refractivity contribution < 1.29 is 5.11 Å². The summed E-state index contributed by atoms with van der Waals surface area (Å²) < 4.78 is 0.451. The molecule has 1 nitrogen and oxygen atoms in total. The zero-order chi connectivity index (χ0) is 6.57. The highest BCUT2D eigenvalue weighted by Gasteiger charge is 2.02. The minimum atomic E-state index is 0.318. The number of rotatable bonds is 3. The van der Waals surface area contributed by atoms with Gasteiger partial charge in [-0.05, 0) is 12.3 Å². The molecule has 8 heavy (non-hydrogen) atoms. The lowest BCUT2D eigenvalue weighted by molar-refractivity contribution is 0.288. The average molecular weight is 228 g/mol. The molecule has 0 saturated heterocycles. The summed E-state index contributed by atoms with van der Waals surface area (Å²) in [6, 6.07) is 0. The summed E-state index contributed by atoms with van der Waals surface area (Å²) in [6.45, 7) is 4.65. The normalized spacial score (nSPS) is 14.6. The van der Waals surface area contributed by atoms with E-state index >= 15 is 0 Å². The van der Waals surface area contributed by atoms with E-state index in [9.17, 15) is 0 Å². The highest BCUT2D eigenvalue weighted by atomic mass is 127. The molecule has 0 aliphatic carbocycles. The fourth-order valence-corrected chi connectivity index (χ4v) is 1.60. The van der Waals surface area contributed by atoms with E-state index < -0.39 is 0 Å². The van der Waals surface area contributed by atoms with Crippen LogP contribution in [0.25, 0.3) is 0 Å². The average Bonchev–Trinajstić information content (AvgIpc) is 1.65. The van der Waals surface area contributed by atoms with E-state index in [4.69, 9.17) is 5.11 Å². The van der Waals surface area contributed by atoms with Crippen molar-refractivity contribution in [3.05, 3.63) is 0 Å². The molecule has 50 valence electrons. The summed E-state index contributed by atoms with van der Waals surface area (Å²) in [4.78, 5) is 0. The minimum Gasteiger partial charge on any atom is -0.395 e. The standard InChI is InChI=1S/C6H13IO/c1-5(2)3-6(7)4-8/h5-6,8H,3-4H2,1-2H3/t6-/m1/s1. The van der Waals surface area contributed by atoms with Crippen LogP contribution in [0.2, 0.25) is 0 Å². The molecule has 0 bridgehead atoms. The fourth-order valence-electron chi connectivity index (χ4n) is 0.586. The smallest absolute Gasteiger partial charge is 0.0549 e. The second kappa shape index (κ2) is 4.56. The lowest BCUT2D eigenvalue weighted by Crippen LogP contribution is -2.06. The third-order valence-electron chi connectivity index (χ3n) is 0.925. The monoisotopic (exact) mass is 228 g/mol. The van der Waals surface area contributed by atoms with Crippen LogP contribution >= 0.6 is 22.6 Å².